The Morgan fingerprint density at radius 1 is 1.13 bits per heavy atom. The molecule has 1 heterocycles. The Hall–Kier alpha value is -2.92. The second-order valence-corrected chi connectivity index (χ2v) is 5.17. The van der Waals surface area contributed by atoms with E-state index in [-0.39, 0.29) is 5.56 Å². The van der Waals surface area contributed by atoms with Crippen LogP contribution in [0.2, 0.25) is 5.02 Å². The highest BCUT2D eigenvalue weighted by Gasteiger charge is 2.12. The minimum atomic E-state index is -0.706. The van der Waals surface area contributed by atoms with Crippen molar-refractivity contribution in [3.8, 4) is 0 Å². The summed E-state index contributed by atoms with van der Waals surface area (Å²) in [5, 5.41) is 5.10. The number of fused-ring (bicyclic) bond motifs is 1. The molecule has 0 radical (unpaired) electrons. The molecule has 114 valence electrons. The summed E-state index contributed by atoms with van der Waals surface area (Å²) >= 11 is 5.78. The molecular weight excluding hydrogens is 316 g/mol. The first-order chi connectivity index (χ1) is 11.1. The third-order valence-corrected chi connectivity index (χ3v) is 3.39. The van der Waals surface area contributed by atoms with E-state index in [0.29, 0.717) is 16.0 Å². The number of nitrogens with one attached hydrogen (secondary N) is 1. The summed E-state index contributed by atoms with van der Waals surface area (Å²) < 4.78 is 5.11. The number of amides is 1. The van der Waals surface area contributed by atoms with E-state index in [2.05, 4.69) is 10.5 Å². The van der Waals surface area contributed by atoms with E-state index in [4.69, 9.17) is 16.0 Å². The van der Waals surface area contributed by atoms with Crippen molar-refractivity contribution < 1.29 is 9.21 Å². The standard InChI is InChI=1S/C17H11ClN2O3/c18-13-7-5-11(6-8-13)10-19-20-16(21)14-9-12-3-1-2-4-15(12)23-17(14)22/h1-10H,(H,20,21)/b19-10+. The van der Waals surface area contributed by atoms with Crippen molar-refractivity contribution in [2.24, 2.45) is 5.10 Å². The lowest BCUT2D eigenvalue weighted by Crippen LogP contribution is -2.24. The summed E-state index contributed by atoms with van der Waals surface area (Å²) in [6, 6.07) is 15.4. The summed E-state index contributed by atoms with van der Waals surface area (Å²) in [4.78, 5) is 23.9. The SMILES string of the molecule is O=C(N/N=C/c1ccc(Cl)cc1)c1cc2ccccc2oc1=O. The van der Waals surface area contributed by atoms with Crippen LogP contribution in [0, 0.1) is 0 Å². The number of hydrogen-bond acceptors (Lipinski definition) is 4. The monoisotopic (exact) mass is 326 g/mol. The lowest BCUT2D eigenvalue weighted by Gasteiger charge is -2.01. The maximum Gasteiger partial charge on any atom is 0.349 e. The van der Waals surface area contributed by atoms with Crippen LogP contribution in [-0.4, -0.2) is 12.1 Å². The van der Waals surface area contributed by atoms with Crippen LogP contribution in [0.3, 0.4) is 0 Å². The van der Waals surface area contributed by atoms with Gasteiger partial charge in [-0.25, -0.2) is 10.2 Å². The molecule has 0 bridgehead atoms. The molecule has 0 aliphatic carbocycles. The van der Waals surface area contributed by atoms with Crippen LogP contribution in [0.1, 0.15) is 15.9 Å². The lowest BCUT2D eigenvalue weighted by molar-refractivity contribution is 0.0951. The van der Waals surface area contributed by atoms with Crippen LogP contribution >= 0.6 is 11.6 Å². The molecule has 1 amide bonds. The van der Waals surface area contributed by atoms with E-state index in [1.54, 1.807) is 48.5 Å². The van der Waals surface area contributed by atoms with Gasteiger partial charge in [-0.1, -0.05) is 41.9 Å². The van der Waals surface area contributed by atoms with Gasteiger partial charge in [-0.3, -0.25) is 4.79 Å². The number of rotatable bonds is 3. The minimum absolute atomic E-state index is 0.100. The first-order valence-corrected chi connectivity index (χ1v) is 7.13. The van der Waals surface area contributed by atoms with Gasteiger partial charge >= 0.3 is 5.63 Å². The highest BCUT2D eigenvalue weighted by atomic mass is 35.5. The third-order valence-electron chi connectivity index (χ3n) is 3.14. The number of para-hydroxylation sites is 1. The molecule has 1 N–H and O–H groups in total. The van der Waals surface area contributed by atoms with Gasteiger partial charge in [0.25, 0.3) is 5.91 Å². The Bertz CT molecular complexity index is 946. The number of nitrogens with zero attached hydrogens (tertiary/aromatic N) is 1. The topological polar surface area (TPSA) is 71.7 Å². The fraction of sp³-hybridized carbons (Fsp3) is 0. The molecule has 3 rings (SSSR count). The molecule has 2 aromatic carbocycles. The van der Waals surface area contributed by atoms with Gasteiger partial charge in [0.05, 0.1) is 6.21 Å². The normalized spacial score (nSPS) is 11.0. The smallest absolute Gasteiger partial charge is 0.349 e. The van der Waals surface area contributed by atoms with E-state index in [9.17, 15) is 9.59 Å². The van der Waals surface area contributed by atoms with Crippen LogP contribution < -0.4 is 11.1 Å². The zero-order chi connectivity index (χ0) is 16.2. The number of benzene rings is 2. The third kappa shape index (κ3) is 3.46. The second-order valence-electron chi connectivity index (χ2n) is 4.74. The molecule has 3 aromatic rings. The van der Waals surface area contributed by atoms with E-state index in [0.717, 1.165) is 5.56 Å². The zero-order valence-electron chi connectivity index (χ0n) is 11.8. The number of carbonyl (C=O) groups excluding carboxylic acids is 1. The molecule has 23 heavy (non-hydrogen) atoms. The van der Waals surface area contributed by atoms with Crippen molar-refractivity contribution in [3.05, 3.63) is 81.2 Å². The molecule has 1 aromatic heterocycles. The number of halogens is 1. The van der Waals surface area contributed by atoms with E-state index < -0.39 is 11.5 Å². The zero-order valence-corrected chi connectivity index (χ0v) is 12.6. The Morgan fingerprint density at radius 3 is 2.65 bits per heavy atom. The largest absolute Gasteiger partial charge is 0.422 e. The molecular formula is C17H11ClN2O3. The fourth-order valence-corrected chi connectivity index (χ4v) is 2.12. The Kier molecular flexibility index (Phi) is 4.21. The van der Waals surface area contributed by atoms with Crippen molar-refractivity contribution in [2.75, 3.05) is 0 Å². The average Bonchev–Trinajstić information content (AvgIpc) is 2.56. The predicted octanol–water partition coefficient (Wildman–Crippen LogP) is 3.21. The van der Waals surface area contributed by atoms with Crippen molar-refractivity contribution >= 4 is 34.7 Å². The molecule has 0 saturated carbocycles. The average molecular weight is 327 g/mol. The van der Waals surface area contributed by atoms with Crippen LogP contribution in [0.15, 0.2) is 68.9 Å². The summed E-state index contributed by atoms with van der Waals surface area (Å²) in [6.07, 6.45) is 1.46. The van der Waals surface area contributed by atoms with E-state index in [1.165, 1.54) is 12.3 Å². The van der Waals surface area contributed by atoms with Crippen LogP contribution in [0.25, 0.3) is 11.0 Å². The highest BCUT2D eigenvalue weighted by molar-refractivity contribution is 6.30. The van der Waals surface area contributed by atoms with Gasteiger partial charge in [-0.05, 0) is 29.8 Å². The Labute approximate surface area is 136 Å². The van der Waals surface area contributed by atoms with Gasteiger partial charge < -0.3 is 4.42 Å². The summed E-state index contributed by atoms with van der Waals surface area (Å²) in [5.74, 6) is -0.630. The molecule has 0 saturated heterocycles. The molecule has 0 aliphatic rings. The number of hydrazone groups is 1. The van der Waals surface area contributed by atoms with Gasteiger partial charge in [-0.2, -0.15) is 5.10 Å². The lowest BCUT2D eigenvalue weighted by atomic mass is 10.2. The second kappa shape index (κ2) is 6.46. The molecule has 0 fully saturated rings. The molecule has 0 unspecified atom stereocenters. The molecule has 0 aliphatic heterocycles. The van der Waals surface area contributed by atoms with Gasteiger partial charge in [0.2, 0.25) is 0 Å². The van der Waals surface area contributed by atoms with Gasteiger partial charge in [0.15, 0.2) is 0 Å². The quantitative estimate of drug-likeness (QED) is 0.456. The number of hydrogen-bond donors (Lipinski definition) is 1. The first-order valence-electron chi connectivity index (χ1n) is 6.75. The van der Waals surface area contributed by atoms with Gasteiger partial charge in [0, 0.05) is 10.4 Å². The summed E-state index contributed by atoms with van der Waals surface area (Å²) in [6.45, 7) is 0. The van der Waals surface area contributed by atoms with Crippen molar-refractivity contribution in [1.29, 1.82) is 0 Å². The maximum absolute atomic E-state index is 12.0. The minimum Gasteiger partial charge on any atom is -0.422 e. The van der Waals surface area contributed by atoms with E-state index in [1.807, 2.05) is 0 Å². The Balaban J connectivity index is 1.79. The number of carbonyl (C=O) groups is 1. The van der Waals surface area contributed by atoms with E-state index >= 15 is 0 Å². The predicted molar refractivity (Wildman–Crippen MR) is 89.0 cm³/mol. The molecule has 5 nitrogen and oxygen atoms in total. The molecule has 0 atom stereocenters. The summed E-state index contributed by atoms with van der Waals surface area (Å²) in [5.41, 5.74) is 2.69. The maximum atomic E-state index is 12.0. The van der Waals surface area contributed by atoms with Crippen molar-refractivity contribution in [3.63, 3.8) is 0 Å². The van der Waals surface area contributed by atoms with Crippen molar-refractivity contribution in [2.45, 2.75) is 0 Å². The molecule has 0 spiro atoms. The van der Waals surface area contributed by atoms with Gasteiger partial charge in [0.1, 0.15) is 11.1 Å². The van der Waals surface area contributed by atoms with Crippen LogP contribution in [-0.2, 0) is 0 Å². The first kappa shape index (κ1) is 15.0. The highest BCUT2D eigenvalue weighted by Crippen LogP contribution is 2.12. The Morgan fingerprint density at radius 2 is 1.87 bits per heavy atom. The van der Waals surface area contributed by atoms with Crippen LogP contribution in [0.4, 0.5) is 0 Å². The summed E-state index contributed by atoms with van der Waals surface area (Å²) in [7, 11) is 0. The van der Waals surface area contributed by atoms with Gasteiger partial charge in [-0.15, -0.1) is 0 Å². The fourth-order valence-electron chi connectivity index (χ4n) is 1.99. The molecule has 6 heteroatoms. The van der Waals surface area contributed by atoms with Crippen LogP contribution in [0.5, 0.6) is 0 Å². The van der Waals surface area contributed by atoms with Crippen molar-refractivity contribution in [1.82, 2.24) is 5.43 Å².